The van der Waals surface area contributed by atoms with Crippen molar-refractivity contribution in [2.75, 3.05) is 19.0 Å². The lowest BCUT2D eigenvalue weighted by Crippen LogP contribution is -2.34. The highest BCUT2D eigenvalue weighted by molar-refractivity contribution is 7.12. The molecule has 0 radical (unpaired) electrons. The van der Waals surface area contributed by atoms with Gasteiger partial charge in [0.05, 0.1) is 12.8 Å². The van der Waals surface area contributed by atoms with Crippen LogP contribution in [0.1, 0.15) is 41.8 Å². The van der Waals surface area contributed by atoms with Crippen LogP contribution in [-0.4, -0.2) is 31.6 Å². The molecule has 0 aliphatic carbocycles. The zero-order valence-electron chi connectivity index (χ0n) is 11.6. The quantitative estimate of drug-likeness (QED) is 0.819. The number of carbonyl (C=O) groups excluding carboxylic acids is 2. The van der Waals surface area contributed by atoms with E-state index in [-0.39, 0.29) is 5.91 Å². The topological polar surface area (TPSA) is 67.4 Å². The smallest absolute Gasteiger partial charge is 0.350 e. The van der Waals surface area contributed by atoms with Gasteiger partial charge in [0.15, 0.2) is 0 Å². The van der Waals surface area contributed by atoms with E-state index in [4.69, 9.17) is 0 Å². The first-order valence-electron chi connectivity index (χ1n) is 6.89. The van der Waals surface area contributed by atoms with Gasteiger partial charge in [-0.2, -0.15) is 0 Å². The van der Waals surface area contributed by atoms with Crippen LogP contribution in [0.25, 0.3) is 0 Å². The third-order valence-corrected chi connectivity index (χ3v) is 4.34. The van der Waals surface area contributed by atoms with Gasteiger partial charge < -0.3 is 15.4 Å². The molecule has 20 heavy (non-hydrogen) atoms. The Morgan fingerprint density at radius 2 is 2.35 bits per heavy atom. The van der Waals surface area contributed by atoms with Gasteiger partial charge in [-0.3, -0.25) is 4.79 Å². The molecule has 2 rings (SSSR count). The lowest BCUT2D eigenvalue weighted by Gasteiger charge is -2.23. The largest absolute Gasteiger partial charge is 0.465 e. The molecule has 1 saturated heterocycles. The van der Waals surface area contributed by atoms with Crippen molar-refractivity contribution in [3.63, 3.8) is 0 Å². The molecule has 1 aliphatic heterocycles. The van der Waals surface area contributed by atoms with Gasteiger partial charge in [0.1, 0.15) is 4.88 Å². The number of thiophene rings is 1. The Labute approximate surface area is 122 Å². The number of amides is 1. The number of hydrogen-bond donors (Lipinski definition) is 2. The normalized spacial score (nSPS) is 18.6. The molecule has 0 spiro atoms. The van der Waals surface area contributed by atoms with Gasteiger partial charge >= 0.3 is 5.97 Å². The average Bonchev–Trinajstić information content (AvgIpc) is 2.93. The molecule has 2 N–H and O–H groups in total. The van der Waals surface area contributed by atoms with Crippen LogP contribution < -0.4 is 10.6 Å². The number of nitrogens with one attached hydrogen (secondary N) is 2. The Morgan fingerprint density at radius 1 is 1.50 bits per heavy atom. The fourth-order valence-electron chi connectivity index (χ4n) is 2.35. The van der Waals surface area contributed by atoms with Crippen LogP contribution >= 0.6 is 11.3 Å². The van der Waals surface area contributed by atoms with Crippen molar-refractivity contribution in [3.8, 4) is 0 Å². The summed E-state index contributed by atoms with van der Waals surface area (Å²) < 4.78 is 4.68. The maximum Gasteiger partial charge on any atom is 0.350 e. The van der Waals surface area contributed by atoms with Crippen molar-refractivity contribution < 1.29 is 14.3 Å². The summed E-state index contributed by atoms with van der Waals surface area (Å²) in [4.78, 5) is 23.9. The molecular formula is C14H20N2O3S. The lowest BCUT2D eigenvalue weighted by atomic mass is 10.0. The number of methoxy groups -OCH3 is 1. The van der Waals surface area contributed by atoms with Crippen LogP contribution in [0.3, 0.4) is 0 Å². The molecule has 1 atom stereocenters. The molecule has 1 amide bonds. The van der Waals surface area contributed by atoms with E-state index in [2.05, 4.69) is 15.4 Å². The van der Waals surface area contributed by atoms with Crippen molar-refractivity contribution in [2.45, 2.75) is 38.1 Å². The number of carbonyl (C=O) groups is 2. The second-order valence-corrected chi connectivity index (χ2v) is 5.80. The number of piperidine rings is 1. The molecule has 110 valence electrons. The summed E-state index contributed by atoms with van der Waals surface area (Å²) >= 11 is 1.27. The third-order valence-electron chi connectivity index (χ3n) is 3.44. The van der Waals surface area contributed by atoms with Crippen molar-refractivity contribution in [1.82, 2.24) is 5.32 Å². The molecule has 6 heteroatoms. The molecule has 0 aromatic carbocycles. The first-order valence-corrected chi connectivity index (χ1v) is 7.77. The molecular weight excluding hydrogens is 276 g/mol. The highest BCUT2D eigenvalue weighted by atomic mass is 32.1. The molecule has 2 heterocycles. The number of hydrogen-bond acceptors (Lipinski definition) is 5. The lowest BCUT2D eigenvalue weighted by molar-refractivity contribution is -0.116. The fourth-order valence-corrected chi connectivity index (χ4v) is 3.11. The highest BCUT2D eigenvalue weighted by Gasteiger charge is 2.17. The van der Waals surface area contributed by atoms with E-state index in [1.807, 2.05) is 0 Å². The minimum atomic E-state index is -0.413. The maximum atomic E-state index is 11.9. The zero-order chi connectivity index (χ0) is 14.4. The van der Waals surface area contributed by atoms with E-state index in [0.29, 0.717) is 23.0 Å². The first kappa shape index (κ1) is 15.0. The maximum absolute atomic E-state index is 11.9. The average molecular weight is 296 g/mol. The van der Waals surface area contributed by atoms with E-state index in [1.54, 1.807) is 11.4 Å². The van der Waals surface area contributed by atoms with Crippen molar-refractivity contribution in [2.24, 2.45) is 0 Å². The van der Waals surface area contributed by atoms with Crippen LogP contribution in [0.4, 0.5) is 5.69 Å². The van der Waals surface area contributed by atoms with Gasteiger partial charge in [-0.15, -0.1) is 11.3 Å². The molecule has 1 unspecified atom stereocenters. The SMILES string of the molecule is COC(=O)c1sccc1NC(=O)CCC1CCCCN1. The van der Waals surface area contributed by atoms with Gasteiger partial charge in [0.2, 0.25) is 5.91 Å². The monoisotopic (exact) mass is 296 g/mol. The molecule has 1 aromatic rings. The molecule has 5 nitrogen and oxygen atoms in total. The summed E-state index contributed by atoms with van der Waals surface area (Å²) in [6.07, 6.45) is 4.90. The second-order valence-electron chi connectivity index (χ2n) is 4.89. The van der Waals surface area contributed by atoms with Gasteiger partial charge in [-0.1, -0.05) is 6.42 Å². The number of ether oxygens (including phenoxy) is 1. The van der Waals surface area contributed by atoms with E-state index in [1.165, 1.54) is 31.3 Å². The number of esters is 1. The summed E-state index contributed by atoms with van der Waals surface area (Å²) in [6.45, 7) is 1.04. The minimum Gasteiger partial charge on any atom is -0.465 e. The standard InChI is InChI=1S/C14H20N2O3S/c1-19-14(18)13-11(7-9-20-13)16-12(17)6-5-10-4-2-3-8-15-10/h7,9-10,15H,2-6,8H2,1H3,(H,16,17). The van der Waals surface area contributed by atoms with Gasteiger partial charge in [-0.05, 0) is 37.3 Å². The number of anilines is 1. The van der Waals surface area contributed by atoms with E-state index < -0.39 is 5.97 Å². The van der Waals surface area contributed by atoms with Gasteiger partial charge in [0.25, 0.3) is 0 Å². The van der Waals surface area contributed by atoms with Crippen molar-refractivity contribution in [1.29, 1.82) is 0 Å². The Balaban J connectivity index is 1.82. The predicted molar refractivity (Wildman–Crippen MR) is 79.2 cm³/mol. The van der Waals surface area contributed by atoms with Crippen LogP contribution in [0.15, 0.2) is 11.4 Å². The predicted octanol–water partition coefficient (Wildman–Crippen LogP) is 2.40. The zero-order valence-corrected chi connectivity index (χ0v) is 12.4. The Hall–Kier alpha value is -1.40. The van der Waals surface area contributed by atoms with Crippen molar-refractivity contribution in [3.05, 3.63) is 16.3 Å². The van der Waals surface area contributed by atoms with E-state index in [0.717, 1.165) is 19.4 Å². The second kappa shape index (κ2) is 7.40. The van der Waals surface area contributed by atoms with E-state index >= 15 is 0 Å². The summed E-state index contributed by atoms with van der Waals surface area (Å²) in [6, 6.07) is 2.17. The summed E-state index contributed by atoms with van der Waals surface area (Å²) in [7, 11) is 1.34. The van der Waals surface area contributed by atoms with Crippen molar-refractivity contribution >= 4 is 28.9 Å². The molecule has 1 fully saturated rings. The molecule has 1 aromatic heterocycles. The Bertz CT molecular complexity index is 467. The third kappa shape index (κ3) is 4.05. The Morgan fingerprint density at radius 3 is 3.05 bits per heavy atom. The molecule has 0 saturated carbocycles. The Kier molecular flexibility index (Phi) is 5.55. The number of rotatable bonds is 5. The van der Waals surface area contributed by atoms with Crippen LogP contribution in [-0.2, 0) is 9.53 Å². The van der Waals surface area contributed by atoms with Crippen LogP contribution in [0.5, 0.6) is 0 Å². The van der Waals surface area contributed by atoms with Crippen LogP contribution in [0, 0.1) is 0 Å². The highest BCUT2D eigenvalue weighted by Crippen LogP contribution is 2.23. The first-order chi connectivity index (χ1) is 9.70. The minimum absolute atomic E-state index is 0.0547. The van der Waals surface area contributed by atoms with Gasteiger partial charge in [0, 0.05) is 12.5 Å². The summed E-state index contributed by atoms with van der Waals surface area (Å²) in [5.74, 6) is -0.467. The molecule has 1 aliphatic rings. The molecule has 0 bridgehead atoms. The van der Waals surface area contributed by atoms with Gasteiger partial charge in [-0.25, -0.2) is 4.79 Å². The van der Waals surface area contributed by atoms with Crippen LogP contribution in [0.2, 0.25) is 0 Å². The fraction of sp³-hybridized carbons (Fsp3) is 0.571. The summed E-state index contributed by atoms with van der Waals surface area (Å²) in [5.41, 5.74) is 0.545. The summed E-state index contributed by atoms with van der Waals surface area (Å²) in [5, 5.41) is 7.98. The van der Waals surface area contributed by atoms with E-state index in [9.17, 15) is 9.59 Å².